The Balaban J connectivity index is 2.37. The molecule has 0 spiro atoms. The van der Waals surface area contributed by atoms with E-state index in [4.69, 9.17) is 4.74 Å². The molecule has 30 heavy (non-hydrogen) atoms. The first-order chi connectivity index (χ1) is 14.3. The van der Waals surface area contributed by atoms with Crippen molar-refractivity contribution in [2.24, 2.45) is 11.8 Å². The lowest BCUT2D eigenvalue weighted by Crippen LogP contribution is -2.41. The molecule has 6 nitrogen and oxygen atoms in total. The van der Waals surface area contributed by atoms with Gasteiger partial charge in [0.25, 0.3) is 0 Å². The first-order valence-electron chi connectivity index (χ1n) is 9.90. The van der Waals surface area contributed by atoms with Crippen molar-refractivity contribution in [1.29, 1.82) is 0 Å². The number of para-hydroxylation sites is 1. The van der Waals surface area contributed by atoms with E-state index in [0.29, 0.717) is 12.2 Å². The van der Waals surface area contributed by atoms with Crippen molar-refractivity contribution in [2.75, 3.05) is 7.11 Å². The van der Waals surface area contributed by atoms with Crippen LogP contribution in [0.4, 0.5) is 0 Å². The van der Waals surface area contributed by atoms with Crippen LogP contribution in [0, 0.1) is 11.8 Å². The molecule has 0 bridgehead atoms. The maximum Gasteiger partial charge on any atom is 0.315 e. The van der Waals surface area contributed by atoms with Crippen molar-refractivity contribution in [3.8, 4) is 5.75 Å². The van der Waals surface area contributed by atoms with E-state index in [1.807, 2.05) is 0 Å². The van der Waals surface area contributed by atoms with Crippen LogP contribution < -0.4 is 4.74 Å². The number of benzene rings is 2. The number of carbonyl (C=O) groups excluding carboxylic acids is 2. The van der Waals surface area contributed by atoms with Gasteiger partial charge in [0.1, 0.15) is 5.75 Å². The summed E-state index contributed by atoms with van der Waals surface area (Å²) in [5.41, 5.74) is 0. The lowest BCUT2D eigenvalue weighted by Gasteiger charge is -2.28. The number of rotatable bonds is 10. The van der Waals surface area contributed by atoms with Gasteiger partial charge >= 0.3 is 11.9 Å². The Hall–Kier alpha value is -2.67. The highest BCUT2D eigenvalue weighted by molar-refractivity contribution is 7.92. The third-order valence-corrected chi connectivity index (χ3v) is 7.39. The molecule has 162 valence electrons. The van der Waals surface area contributed by atoms with E-state index in [1.165, 1.54) is 19.2 Å². The molecule has 0 aliphatic carbocycles. The van der Waals surface area contributed by atoms with Gasteiger partial charge in [0.2, 0.25) is 0 Å². The second kappa shape index (κ2) is 10.9. The summed E-state index contributed by atoms with van der Waals surface area (Å²) in [7, 11) is -2.52. The van der Waals surface area contributed by atoms with Crippen LogP contribution in [-0.4, -0.2) is 32.7 Å². The van der Waals surface area contributed by atoms with Crippen molar-refractivity contribution in [3.05, 3.63) is 60.7 Å². The molecule has 0 aliphatic rings. The molecule has 0 fully saturated rings. The summed E-state index contributed by atoms with van der Waals surface area (Å²) in [6, 6.07) is 16.6. The van der Waals surface area contributed by atoms with Crippen LogP contribution in [-0.2, 0) is 24.2 Å². The third-order valence-electron chi connectivity index (χ3n) is 4.87. The van der Waals surface area contributed by atoms with Gasteiger partial charge in [0.05, 0.1) is 23.2 Å². The minimum absolute atomic E-state index is 0.0990. The summed E-state index contributed by atoms with van der Waals surface area (Å²) in [5.74, 6) is -1.96. The predicted octanol–water partition coefficient (Wildman–Crippen LogP) is 4.05. The molecular formula is C23H28O6S. The van der Waals surface area contributed by atoms with Gasteiger partial charge in [-0.25, -0.2) is 8.42 Å². The predicted molar refractivity (Wildman–Crippen MR) is 114 cm³/mol. The minimum atomic E-state index is -3.81. The highest BCUT2D eigenvalue weighted by Gasteiger charge is 2.41. The van der Waals surface area contributed by atoms with E-state index >= 15 is 0 Å². The van der Waals surface area contributed by atoms with Crippen LogP contribution in [0.3, 0.4) is 0 Å². The molecule has 2 unspecified atom stereocenters. The molecule has 0 aliphatic heterocycles. The third kappa shape index (κ3) is 6.16. The number of carbonyl (C=O) groups is 2. The molecule has 7 heteroatoms. The summed E-state index contributed by atoms with van der Waals surface area (Å²) in [5, 5.41) is -0.992. The molecular weight excluding hydrogens is 404 g/mol. The molecule has 0 saturated carbocycles. The van der Waals surface area contributed by atoms with Crippen molar-refractivity contribution >= 4 is 21.8 Å². The number of methoxy groups -OCH3 is 1. The summed E-state index contributed by atoms with van der Waals surface area (Å²) in [6.45, 7) is 3.54. The second-order valence-corrected chi connectivity index (χ2v) is 9.48. The number of hydrogen-bond donors (Lipinski definition) is 0. The van der Waals surface area contributed by atoms with Crippen LogP contribution in [0.25, 0.3) is 0 Å². The van der Waals surface area contributed by atoms with Gasteiger partial charge < -0.3 is 9.47 Å². The minimum Gasteiger partial charge on any atom is -0.469 e. The monoisotopic (exact) mass is 432 g/mol. The van der Waals surface area contributed by atoms with Crippen molar-refractivity contribution in [3.63, 3.8) is 0 Å². The van der Waals surface area contributed by atoms with E-state index in [1.54, 1.807) is 62.4 Å². The molecule has 0 N–H and O–H groups in total. The average Bonchev–Trinajstić information content (AvgIpc) is 2.73. The smallest absolute Gasteiger partial charge is 0.315 e. The SMILES string of the molecule is COC(=O)CCCC(C(=O)Oc1ccccc1)C(C(C)C)S(=O)(=O)c1ccccc1. The van der Waals surface area contributed by atoms with Gasteiger partial charge in [-0.1, -0.05) is 50.2 Å². The zero-order chi connectivity index (χ0) is 22.1. The fraction of sp³-hybridized carbons (Fsp3) is 0.391. The van der Waals surface area contributed by atoms with E-state index in [0.717, 1.165) is 0 Å². The van der Waals surface area contributed by atoms with Crippen LogP contribution in [0.2, 0.25) is 0 Å². The Kier molecular flexibility index (Phi) is 8.59. The molecule has 2 rings (SSSR count). The first-order valence-corrected chi connectivity index (χ1v) is 11.4. The number of ether oxygens (including phenoxy) is 2. The summed E-state index contributed by atoms with van der Waals surface area (Å²) in [4.78, 5) is 24.8. The molecule has 0 saturated heterocycles. The van der Waals surface area contributed by atoms with Crippen molar-refractivity contribution in [1.82, 2.24) is 0 Å². The van der Waals surface area contributed by atoms with E-state index in [9.17, 15) is 18.0 Å². The molecule has 2 atom stereocenters. The quantitative estimate of drug-likeness (QED) is 0.416. The van der Waals surface area contributed by atoms with Gasteiger partial charge in [0, 0.05) is 6.42 Å². The highest BCUT2D eigenvalue weighted by atomic mass is 32.2. The van der Waals surface area contributed by atoms with E-state index < -0.39 is 32.9 Å². The normalized spacial score (nSPS) is 13.5. The summed E-state index contributed by atoms with van der Waals surface area (Å²) >= 11 is 0. The molecule has 0 heterocycles. The van der Waals surface area contributed by atoms with E-state index in [-0.39, 0.29) is 23.7 Å². The van der Waals surface area contributed by atoms with Gasteiger partial charge in [-0.15, -0.1) is 0 Å². The lowest BCUT2D eigenvalue weighted by atomic mass is 9.91. The van der Waals surface area contributed by atoms with Gasteiger partial charge in [0.15, 0.2) is 9.84 Å². The van der Waals surface area contributed by atoms with Gasteiger partial charge in [-0.2, -0.15) is 0 Å². The maximum absolute atomic E-state index is 13.4. The Morgan fingerprint density at radius 1 is 0.933 bits per heavy atom. The zero-order valence-electron chi connectivity index (χ0n) is 17.5. The summed E-state index contributed by atoms with van der Waals surface area (Å²) in [6.07, 6.45) is 0.603. The van der Waals surface area contributed by atoms with E-state index in [2.05, 4.69) is 4.74 Å². The second-order valence-electron chi connectivity index (χ2n) is 7.38. The fourth-order valence-corrected chi connectivity index (χ4v) is 5.72. The largest absolute Gasteiger partial charge is 0.469 e. The van der Waals surface area contributed by atoms with Crippen LogP contribution in [0.1, 0.15) is 33.1 Å². The summed E-state index contributed by atoms with van der Waals surface area (Å²) < 4.78 is 37.0. The number of esters is 2. The average molecular weight is 433 g/mol. The van der Waals surface area contributed by atoms with Crippen molar-refractivity contribution < 1.29 is 27.5 Å². The van der Waals surface area contributed by atoms with Gasteiger partial charge in [-0.05, 0) is 43.0 Å². The lowest BCUT2D eigenvalue weighted by molar-refractivity contribution is -0.142. The van der Waals surface area contributed by atoms with Gasteiger partial charge in [-0.3, -0.25) is 9.59 Å². The molecule has 0 aromatic heterocycles. The highest BCUT2D eigenvalue weighted by Crippen LogP contribution is 2.32. The fourth-order valence-electron chi connectivity index (χ4n) is 3.47. The molecule has 0 radical (unpaired) electrons. The maximum atomic E-state index is 13.4. The Labute approximate surface area is 178 Å². The van der Waals surface area contributed by atoms with Crippen LogP contribution in [0.15, 0.2) is 65.6 Å². The first kappa shape index (κ1) is 23.6. The molecule has 2 aromatic carbocycles. The molecule has 0 amide bonds. The Bertz CT molecular complexity index is 923. The van der Waals surface area contributed by atoms with Crippen LogP contribution in [0.5, 0.6) is 5.75 Å². The number of hydrogen-bond acceptors (Lipinski definition) is 6. The Morgan fingerprint density at radius 3 is 2.03 bits per heavy atom. The van der Waals surface area contributed by atoms with Crippen molar-refractivity contribution in [2.45, 2.75) is 43.3 Å². The Morgan fingerprint density at radius 2 is 1.50 bits per heavy atom. The number of sulfone groups is 1. The zero-order valence-corrected chi connectivity index (χ0v) is 18.3. The van der Waals surface area contributed by atoms with Crippen LogP contribution >= 0.6 is 0 Å². The topological polar surface area (TPSA) is 86.7 Å². The standard InChI is InChI=1S/C23H28O6S/c1-17(2)22(30(26,27)19-13-8-5-9-14-19)20(15-10-16-21(24)28-3)23(25)29-18-11-6-4-7-12-18/h4-9,11-14,17,20,22H,10,15-16H2,1-3H3. The molecule has 2 aromatic rings.